The van der Waals surface area contributed by atoms with Gasteiger partial charge < -0.3 is 18.9 Å². The Morgan fingerprint density at radius 1 is 0.692 bits per heavy atom. The van der Waals surface area contributed by atoms with Crippen LogP contribution in [0.2, 0.25) is 0 Å². The largest absolute Gasteiger partial charge is 0.496 e. The number of alkyl halides is 9. The second-order valence-corrected chi connectivity index (χ2v) is 11.9. The number of methoxy groups -OCH3 is 2. The first-order valence-corrected chi connectivity index (χ1v) is 15.3. The second-order valence-electron chi connectivity index (χ2n) is 11.9. The third-order valence-electron chi connectivity index (χ3n) is 8.20. The monoisotopic (exact) mass is 736 g/mol. The Morgan fingerprint density at radius 3 is 1.87 bits per heavy atom. The summed E-state index contributed by atoms with van der Waals surface area (Å²) in [5.41, 5.74) is -1.78. The number of carbonyl (C=O) groups is 1. The normalized spacial score (nSPS) is 12.2. The van der Waals surface area contributed by atoms with Gasteiger partial charge in [0, 0.05) is 24.7 Å². The summed E-state index contributed by atoms with van der Waals surface area (Å²) < 4.78 is 140. The van der Waals surface area contributed by atoms with Crippen LogP contribution in [0.15, 0.2) is 83.4 Å². The van der Waals surface area contributed by atoms with Gasteiger partial charge in [0.15, 0.2) is 5.82 Å². The highest BCUT2D eigenvalue weighted by molar-refractivity contribution is 5.91. The average Bonchev–Trinajstić information content (AvgIpc) is 3.52. The highest BCUT2D eigenvalue weighted by atomic mass is 19.4. The van der Waals surface area contributed by atoms with Crippen LogP contribution in [0.1, 0.15) is 49.5 Å². The zero-order valence-electron chi connectivity index (χ0n) is 27.8. The van der Waals surface area contributed by atoms with Gasteiger partial charge in [-0.1, -0.05) is 23.4 Å². The van der Waals surface area contributed by atoms with E-state index >= 15 is 0 Å². The summed E-state index contributed by atoms with van der Waals surface area (Å²) in [5.74, 6) is -0.114. The van der Waals surface area contributed by atoms with Gasteiger partial charge in [0.25, 0.3) is 0 Å². The number of rotatable bonds is 9. The fourth-order valence-corrected chi connectivity index (χ4v) is 5.74. The zero-order valence-corrected chi connectivity index (χ0v) is 27.8. The summed E-state index contributed by atoms with van der Waals surface area (Å²) in [7, 11) is 2.60. The van der Waals surface area contributed by atoms with E-state index in [-0.39, 0.29) is 34.5 Å². The number of ether oxygens (including phenoxy) is 2. The number of benzene rings is 4. The number of carbonyl (C=O) groups excluding carboxylic acids is 1. The number of halogens is 9. The molecule has 4 aromatic carbocycles. The molecule has 0 saturated heterocycles. The minimum atomic E-state index is -5.13. The Morgan fingerprint density at radius 2 is 1.33 bits per heavy atom. The van der Waals surface area contributed by atoms with Gasteiger partial charge in [-0.2, -0.15) is 39.5 Å². The van der Waals surface area contributed by atoms with Gasteiger partial charge in [-0.05, 0) is 102 Å². The quantitative estimate of drug-likeness (QED) is 0.111. The van der Waals surface area contributed by atoms with Gasteiger partial charge in [0.1, 0.15) is 11.5 Å². The van der Waals surface area contributed by atoms with Gasteiger partial charge in [-0.3, -0.25) is 0 Å². The first-order chi connectivity index (χ1) is 24.3. The molecule has 0 aliphatic heterocycles. The van der Waals surface area contributed by atoms with E-state index in [1.165, 1.54) is 38.2 Å². The molecule has 52 heavy (non-hydrogen) atoms. The molecule has 0 N–H and O–H groups in total. The fraction of sp³-hybridized carbons (Fsp3) is 0.243. The molecule has 0 aliphatic carbocycles. The number of nitrogens with zero attached hydrogens (tertiary/aromatic N) is 2. The molecule has 274 valence electrons. The Bertz CT molecular complexity index is 2070. The van der Waals surface area contributed by atoms with E-state index in [4.69, 9.17) is 14.0 Å². The van der Waals surface area contributed by atoms with Crippen molar-refractivity contribution in [2.45, 2.75) is 45.5 Å². The summed E-state index contributed by atoms with van der Waals surface area (Å²) in [4.78, 5) is 13.3. The van der Waals surface area contributed by atoms with Crippen LogP contribution in [0.3, 0.4) is 0 Å². The maximum Gasteiger partial charge on any atom is 0.416 e. The van der Waals surface area contributed by atoms with Crippen molar-refractivity contribution in [3.05, 3.63) is 124 Å². The molecule has 0 aliphatic rings. The molecule has 5 aromatic rings. The minimum Gasteiger partial charge on any atom is -0.496 e. The Hall–Kier alpha value is -5.47. The van der Waals surface area contributed by atoms with E-state index in [1.807, 2.05) is 0 Å². The highest BCUT2D eigenvalue weighted by Gasteiger charge is 2.37. The number of aryl methyl sites for hydroxylation is 2. The van der Waals surface area contributed by atoms with Crippen LogP contribution in [0.25, 0.3) is 22.3 Å². The summed E-state index contributed by atoms with van der Waals surface area (Å²) in [6, 6.07) is 15.2. The van der Waals surface area contributed by atoms with E-state index in [9.17, 15) is 44.3 Å². The molecule has 0 atom stereocenters. The molecule has 0 unspecified atom stereocenters. The van der Waals surface area contributed by atoms with Crippen molar-refractivity contribution in [2.24, 2.45) is 0 Å². The van der Waals surface area contributed by atoms with E-state index in [0.717, 1.165) is 12.1 Å². The maximum atomic E-state index is 14.1. The molecule has 0 amide bonds. The van der Waals surface area contributed by atoms with Crippen LogP contribution in [0.5, 0.6) is 5.75 Å². The molecule has 0 radical (unpaired) electrons. The molecule has 15 heteroatoms. The van der Waals surface area contributed by atoms with Gasteiger partial charge in [0.2, 0.25) is 0 Å². The van der Waals surface area contributed by atoms with Crippen LogP contribution < -0.4 is 9.64 Å². The fourth-order valence-electron chi connectivity index (χ4n) is 5.74. The zero-order chi connectivity index (χ0) is 38.2. The van der Waals surface area contributed by atoms with Crippen LogP contribution in [0, 0.1) is 13.8 Å². The summed E-state index contributed by atoms with van der Waals surface area (Å²) in [6.07, 6.45) is -15.1. The predicted molar refractivity (Wildman–Crippen MR) is 173 cm³/mol. The van der Waals surface area contributed by atoms with Crippen molar-refractivity contribution in [1.29, 1.82) is 0 Å². The van der Waals surface area contributed by atoms with Gasteiger partial charge in [-0.25, -0.2) is 4.79 Å². The lowest BCUT2D eigenvalue weighted by Gasteiger charge is -2.26. The molecular weight excluding hydrogens is 707 g/mol. The highest BCUT2D eigenvalue weighted by Crippen LogP contribution is 2.41. The van der Waals surface area contributed by atoms with Crippen LogP contribution >= 0.6 is 0 Å². The lowest BCUT2D eigenvalue weighted by Crippen LogP contribution is -2.24. The third-order valence-corrected chi connectivity index (χ3v) is 8.20. The van der Waals surface area contributed by atoms with Crippen LogP contribution in [-0.4, -0.2) is 25.3 Å². The number of hydrogen-bond acceptors (Lipinski definition) is 6. The van der Waals surface area contributed by atoms with E-state index in [1.54, 1.807) is 43.3 Å². The first kappa shape index (κ1) is 37.8. The van der Waals surface area contributed by atoms with Gasteiger partial charge in [-0.15, -0.1) is 0 Å². The van der Waals surface area contributed by atoms with Crippen molar-refractivity contribution >= 4 is 11.8 Å². The molecule has 0 fully saturated rings. The molecule has 0 bridgehead atoms. The minimum absolute atomic E-state index is 0.00768. The van der Waals surface area contributed by atoms with Crippen LogP contribution in [-0.2, 0) is 36.4 Å². The van der Waals surface area contributed by atoms with Crippen molar-refractivity contribution in [1.82, 2.24) is 5.16 Å². The van der Waals surface area contributed by atoms with E-state index in [0.29, 0.717) is 39.9 Å². The molecule has 5 rings (SSSR count). The molecule has 0 spiro atoms. The van der Waals surface area contributed by atoms with Crippen molar-refractivity contribution < 1.29 is 58.3 Å². The summed E-state index contributed by atoms with van der Waals surface area (Å²) in [6.45, 7) is 2.15. The lowest BCUT2D eigenvalue weighted by molar-refractivity contribution is -0.143. The Kier molecular flexibility index (Phi) is 10.4. The molecular formula is C37H29F9N2O4. The van der Waals surface area contributed by atoms with Crippen molar-refractivity contribution in [3.8, 4) is 28.0 Å². The summed E-state index contributed by atoms with van der Waals surface area (Å²) >= 11 is 0. The van der Waals surface area contributed by atoms with Gasteiger partial charge >= 0.3 is 24.5 Å². The smallest absolute Gasteiger partial charge is 0.416 e. The molecule has 0 saturated carbocycles. The SMILES string of the molecule is COC(=O)c1ccc(-c2ccc(OC)c(-c3ccc(C(F)(F)F)cc3CN(Cc3cc(C(F)(F)F)cc(C(F)(F)F)c3)c3cc(C)on3)c2)c(C)c1. The predicted octanol–water partition coefficient (Wildman–Crippen LogP) is 10.7. The van der Waals surface area contributed by atoms with E-state index < -0.39 is 59.8 Å². The van der Waals surface area contributed by atoms with Gasteiger partial charge in [0.05, 0.1) is 36.5 Å². The third kappa shape index (κ3) is 8.35. The van der Waals surface area contributed by atoms with Crippen molar-refractivity contribution in [2.75, 3.05) is 19.1 Å². The standard InChI is InChI=1S/C37H29F9N2O4/c1-20-11-24(34(49)51-4)5-8-29(20)23-6-10-32(50-3)31(16-23)30-9-7-26(35(38,39)40)15-25(30)19-48(33-12-21(2)52-47-33)18-22-13-27(36(41,42)43)17-28(14-22)37(44,45)46/h5-17H,18-19H2,1-4H3. The van der Waals surface area contributed by atoms with E-state index in [2.05, 4.69) is 5.16 Å². The van der Waals surface area contributed by atoms with Crippen LogP contribution in [0.4, 0.5) is 45.3 Å². The average molecular weight is 737 g/mol. The number of esters is 1. The lowest BCUT2D eigenvalue weighted by atomic mass is 9.91. The molecule has 6 nitrogen and oxygen atoms in total. The first-order valence-electron chi connectivity index (χ1n) is 15.3. The topological polar surface area (TPSA) is 64.8 Å². The maximum absolute atomic E-state index is 14.1. The Labute approximate surface area is 291 Å². The summed E-state index contributed by atoms with van der Waals surface area (Å²) in [5, 5.41) is 3.87. The number of aromatic nitrogens is 1. The Balaban J connectivity index is 1.67. The molecule has 1 heterocycles. The second kappa shape index (κ2) is 14.3. The number of hydrogen-bond donors (Lipinski definition) is 0. The number of anilines is 1. The van der Waals surface area contributed by atoms with Crippen molar-refractivity contribution in [3.63, 3.8) is 0 Å². The molecule has 1 aromatic heterocycles.